The molecule has 6 aliphatic rings. The number of aromatic nitrogens is 9. The molecule has 12 heterocycles. The van der Waals surface area contributed by atoms with Crippen molar-refractivity contribution in [3.8, 4) is 10.6 Å². The van der Waals surface area contributed by atoms with Crippen molar-refractivity contribution in [2.75, 3.05) is 171 Å². The number of hydrogen-bond acceptors (Lipinski definition) is 29. The Morgan fingerprint density at radius 2 is 0.852 bits per heavy atom. The molecule has 3 atom stereocenters. The molecule has 32 heteroatoms. The molecule has 0 amide bonds. The number of nitrogens with zero attached hydrogens (tertiary/aromatic N) is 15. The van der Waals surface area contributed by atoms with E-state index >= 15 is 0 Å². The second-order valence-electron chi connectivity index (χ2n) is 28.2. The van der Waals surface area contributed by atoms with Crippen LogP contribution in [0.3, 0.4) is 0 Å². The first-order chi connectivity index (χ1) is 52.2. The Morgan fingerprint density at radius 3 is 1.25 bits per heavy atom. The molecule has 26 nitrogen and oxygen atoms in total. The number of sulfone groups is 3. The number of esters is 1. The smallest absolute Gasteiger partial charge is 0.350 e. The average Bonchev–Trinajstić information content (AvgIpc) is 0.936. The van der Waals surface area contributed by atoms with E-state index in [0.717, 1.165) is 231 Å². The van der Waals surface area contributed by atoms with Crippen molar-refractivity contribution in [1.29, 1.82) is 0 Å². The van der Waals surface area contributed by atoms with Gasteiger partial charge in [-0.25, -0.2) is 74.9 Å². The second-order valence-corrected chi connectivity index (χ2v) is 38.0. The fourth-order valence-electron chi connectivity index (χ4n) is 15.3. The number of fused-ring (bicyclic) bond motifs is 3. The van der Waals surface area contributed by atoms with Gasteiger partial charge in [0, 0.05) is 117 Å². The normalized spacial score (nSPS) is 19.1. The Hall–Kier alpha value is -8.21. The van der Waals surface area contributed by atoms with Gasteiger partial charge in [0.05, 0.1) is 102 Å². The largest absolute Gasteiger partial charge is 0.462 e. The number of benzene rings is 4. The maximum Gasteiger partial charge on any atom is 0.350 e. The van der Waals surface area contributed by atoms with Crippen LogP contribution in [0.1, 0.15) is 77.2 Å². The van der Waals surface area contributed by atoms with Gasteiger partial charge in [-0.05, 0) is 145 Å². The number of carbonyl (C=O) groups excluding carboxylic acids is 1. The number of ether oxygens (including phenoxy) is 4. The molecule has 4 aromatic carbocycles. The molecule has 10 aromatic rings. The minimum atomic E-state index is -3.65. The van der Waals surface area contributed by atoms with Crippen LogP contribution in [0.15, 0.2) is 117 Å². The van der Waals surface area contributed by atoms with Gasteiger partial charge < -0.3 is 48.3 Å². The van der Waals surface area contributed by atoms with Crippen molar-refractivity contribution in [3.63, 3.8) is 0 Å². The predicted molar refractivity (Wildman–Crippen MR) is 425 cm³/mol. The highest BCUT2D eigenvalue weighted by molar-refractivity contribution is 7.94. The molecular formula is C76H91N15O11S6. The molecule has 3 unspecified atom stereocenters. The summed E-state index contributed by atoms with van der Waals surface area (Å²) in [5.41, 5.74) is 8.61. The summed E-state index contributed by atoms with van der Waals surface area (Å²) in [5.74, 6) is 2.31. The lowest BCUT2D eigenvalue weighted by Crippen LogP contribution is -2.38. The first-order valence-corrected chi connectivity index (χ1v) is 44.4. The van der Waals surface area contributed by atoms with Gasteiger partial charge in [-0.15, -0.1) is 22.7 Å². The SMILES string of the molecule is CCOC(=O)c1sc(S(=O)(=O)CC2CCCN(c3ncnc4cc(N5CCOCC5)ccc34)C2)nc1C.Cc1nc(-c2ccccc2)sc1S(=O)(=O)CC1CCCN(c2ncnc3cc(N4CCOCC4)ccc23)C1.Cc1nc(C)c(S(=O)(=O)CC2CCCN(c3ncnc4cc(N5CCOCC5)ccc34)C2)s1. The van der Waals surface area contributed by atoms with Crippen LogP contribution < -0.4 is 29.4 Å². The lowest BCUT2D eigenvalue weighted by atomic mass is 9.99. The minimum Gasteiger partial charge on any atom is -0.462 e. The van der Waals surface area contributed by atoms with Crippen LogP contribution in [0.2, 0.25) is 0 Å². The number of anilines is 6. The van der Waals surface area contributed by atoms with E-state index in [0.29, 0.717) is 45.1 Å². The predicted octanol–water partition coefficient (Wildman–Crippen LogP) is 10.9. The molecule has 6 fully saturated rings. The topological polar surface area (TPSA) is 292 Å². The zero-order valence-electron chi connectivity index (χ0n) is 61.5. The molecule has 0 saturated carbocycles. The van der Waals surface area contributed by atoms with Gasteiger partial charge in [0.25, 0.3) is 0 Å². The molecule has 6 saturated heterocycles. The monoisotopic (exact) mass is 1580 g/mol. The number of thiazole rings is 3. The standard InChI is InChI=1S/C28H31N5O3S2.C25H31N5O5S2.C23H29N5O3S2/c1-20-28(37-27(31-20)22-7-3-2-4-8-22)38(34,35)18-21-6-5-11-33(17-21)26-24-10-9-23(16-25(24)29-19-30-26)32-12-14-36-15-13-32;1-3-35-24(31)22-17(2)28-25(36-22)37(32,33)15-18-5-4-8-30(14-18)23-20-7-6-19(13-21(20)26-16-27-23)29-9-11-34-12-10-29;1-16-23(32-17(2)26-16)33(29,30)14-18-4-3-7-28(13-18)22-20-6-5-19(12-21(20)24-15-25-22)27-8-10-31-11-9-27/h2-4,7-10,16,19,21H,5-6,11-15,17-18H2,1H3;6-7,13,16,18H,3-5,8-12,14-15H2,1-2H3;5-6,12,15,18H,3-4,7-11,13-14H2,1-2H3. The maximum atomic E-state index is 13.5. The Kier molecular flexibility index (Phi) is 24.1. The summed E-state index contributed by atoms with van der Waals surface area (Å²) in [6.45, 7) is 23.0. The first-order valence-electron chi connectivity index (χ1n) is 37.0. The third-order valence-corrected chi connectivity index (χ3v) is 31.4. The van der Waals surface area contributed by atoms with Gasteiger partial charge in [0.1, 0.15) is 54.7 Å². The van der Waals surface area contributed by atoms with Gasteiger partial charge in [0.15, 0.2) is 19.7 Å². The molecule has 6 aliphatic heterocycles. The van der Waals surface area contributed by atoms with Crippen LogP contribution in [-0.2, 0) is 48.5 Å². The van der Waals surface area contributed by atoms with E-state index in [1.54, 1.807) is 46.7 Å². The number of morpholine rings is 3. The average molecular weight is 1580 g/mol. The second kappa shape index (κ2) is 34.0. The highest BCUT2D eigenvalue weighted by atomic mass is 32.2. The van der Waals surface area contributed by atoms with Gasteiger partial charge in [-0.1, -0.05) is 41.7 Å². The Bertz CT molecular complexity index is 5190. The molecule has 572 valence electrons. The van der Waals surface area contributed by atoms with E-state index in [9.17, 15) is 30.0 Å². The lowest BCUT2D eigenvalue weighted by molar-refractivity contribution is 0.0530. The van der Waals surface area contributed by atoms with Gasteiger partial charge in [-0.3, -0.25) is 0 Å². The third kappa shape index (κ3) is 17.8. The Labute approximate surface area is 642 Å². The van der Waals surface area contributed by atoms with Gasteiger partial charge in [-0.2, -0.15) is 0 Å². The molecule has 0 spiro atoms. The summed E-state index contributed by atoms with van der Waals surface area (Å²) in [5, 5.41) is 4.50. The summed E-state index contributed by atoms with van der Waals surface area (Å²) < 4.78 is 102. The quantitative estimate of drug-likeness (QED) is 0.0721. The molecule has 0 radical (unpaired) electrons. The summed E-state index contributed by atoms with van der Waals surface area (Å²) in [6, 6.07) is 28.7. The highest BCUT2D eigenvalue weighted by Crippen LogP contribution is 2.39. The van der Waals surface area contributed by atoms with E-state index in [1.807, 2.05) is 37.3 Å². The van der Waals surface area contributed by atoms with Crippen LogP contribution in [0.5, 0.6) is 0 Å². The molecule has 0 bridgehead atoms. The molecule has 6 aromatic heterocycles. The number of rotatable bonds is 18. The highest BCUT2D eigenvalue weighted by Gasteiger charge is 2.35. The Morgan fingerprint density at radius 1 is 0.454 bits per heavy atom. The number of carbonyl (C=O) groups is 1. The fraction of sp³-hybridized carbons (Fsp3) is 0.474. The van der Waals surface area contributed by atoms with E-state index in [2.05, 4.69) is 129 Å². The maximum absolute atomic E-state index is 13.5. The summed E-state index contributed by atoms with van der Waals surface area (Å²) in [4.78, 5) is 66.4. The van der Waals surface area contributed by atoms with Crippen molar-refractivity contribution in [1.82, 2.24) is 44.9 Å². The van der Waals surface area contributed by atoms with Crippen LogP contribution in [0.25, 0.3) is 43.3 Å². The van der Waals surface area contributed by atoms with E-state index in [1.165, 1.54) is 22.7 Å². The zero-order chi connectivity index (χ0) is 75.1. The van der Waals surface area contributed by atoms with Crippen LogP contribution in [0, 0.1) is 45.4 Å². The zero-order valence-corrected chi connectivity index (χ0v) is 66.4. The fourth-order valence-corrected chi connectivity index (χ4v) is 24.8. The number of aryl methyl sites for hydroxylation is 4. The molecule has 16 rings (SSSR count). The molecule has 0 aliphatic carbocycles. The lowest BCUT2D eigenvalue weighted by Gasteiger charge is -2.34. The summed E-state index contributed by atoms with van der Waals surface area (Å²) >= 11 is 3.45. The van der Waals surface area contributed by atoms with E-state index in [-0.39, 0.29) is 50.8 Å². The third-order valence-electron chi connectivity index (χ3n) is 20.5. The minimum absolute atomic E-state index is 0.0201. The van der Waals surface area contributed by atoms with Crippen LogP contribution in [-0.4, -0.2) is 218 Å². The number of hydrogen-bond donors (Lipinski definition) is 0. The van der Waals surface area contributed by atoms with Crippen molar-refractivity contribution < 1.29 is 49.0 Å². The van der Waals surface area contributed by atoms with Gasteiger partial charge in [0.2, 0.25) is 14.2 Å². The van der Waals surface area contributed by atoms with Crippen molar-refractivity contribution in [3.05, 3.63) is 131 Å². The van der Waals surface area contributed by atoms with E-state index in [4.69, 9.17) is 18.9 Å². The van der Waals surface area contributed by atoms with Crippen LogP contribution in [0.4, 0.5) is 34.5 Å². The first kappa shape index (κ1) is 76.6. The van der Waals surface area contributed by atoms with E-state index < -0.39 is 35.5 Å². The van der Waals surface area contributed by atoms with Crippen molar-refractivity contribution in [2.45, 2.75) is 85.9 Å². The summed E-state index contributed by atoms with van der Waals surface area (Å²) in [6.07, 6.45) is 10.1. The molecule has 108 heavy (non-hydrogen) atoms. The number of piperidine rings is 3. The van der Waals surface area contributed by atoms with Crippen molar-refractivity contribution in [2.24, 2.45) is 17.8 Å². The summed E-state index contributed by atoms with van der Waals surface area (Å²) in [7, 11) is -10.5. The van der Waals surface area contributed by atoms with Crippen molar-refractivity contribution >= 4 is 137 Å². The molecular weight excluding hydrogens is 1490 g/mol. The van der Waals surface area contributed by atoms with Gasteiger partial charge >= 0.3 is 5.97 Å². The Balaban J connectivity index is 0.000000136. The van der Waals surface area contributed by atoms with Crippen LogP contribution >= 0.6 is 34.0 Å². The molecule has 0 N–H and O–H groups in total.